The van der Waals surface area contributed by atoms with Crippen molar-refractivity contribution < 1.29 is 14.6 Å². The molecule has 0 amide bonds. The molecule has 0 fully saturated rings. The lowest BCUT2D eigenvalue weighted by atomic mass is 10.1. The normalized spacial score (nSPS) is 12.2. The van der Waals surface area contributed by atoms with Crippen LogP contribution in [0.5, 0.6) is 11.5 Å². The van der Waals surface area contributed by atoms with Crippen LogP contribution in [-0.4, -0.2) is 41.9 Å². The molecule has 0 aliphatic carbocycles. The number of aromatic nitrogens is 1. The van der Waals surface area contributed by atoms with Gasteiger partial charge in [-0.2, -0.15) is 0 Å². The van der Waals surface area contributed by atoms with Crippen LogP contribution in [0.1, 0.15) is 18.1 Å². The Hall–Kier alpha value is -2.11. The maximum atomic E-state index is 9.76. The Bertz CT molecular complexity index is 602. The Morgan fingerprint density at radius 3 is 2.26 bits per heavy atom. The van der Waals surface area contributed by atoms with Gasteiger partial charge in [-0.1, -0.05) is 6.07 Å². The Morgan fingerprint density at radius 2 is 1.65 bits per heavy atom. The zero-order valence-electron chi connectivity index (χ0n) is 13.9. The Kier molecular flexibility index (Phi) is 6.38. The number of aliphatic hydroxyl groups is 1. The number of hydrogen-bond acceptors (Lipinski definition) is 5. The number of nitrogens with zero attached hydrogens (tertiary/aromatic N) is 2. The molecule has 5 heteroatoms. The number of aliphatic hydroxyl groups excluding tert-OH is 1. The van der Waals surface area contributed by atoms with Gasteiger partial charge in [0.05, 0.1) is 20.3 Å². The minimum Gasteiger partial charge on any atom is -0.493 e. The van der Waals surface area contributed by atoms with Gasteiger partial charge in [0.25, 0.3) is 0 Å². The number of hydrogen-bond donors (Lipinski definition) is 1. The summed E-state index contributed by atoms with van der Waals surface area (Å²) < 4.78 is 10.6. The highest BCUT2D eigenvalue weighted by atomic mass is 16.5. The summed E-state index contributed by atoms with van der Waals surface area (Å²) in [5.74, 6) is 1.43. The largest absolute Gasteiger partial charge is 0.493 e. The van der Waals surface area contributed by atoms with Crippen LogP contribution < -0.4 is 9.47 Å². The smallest absolute Gasteiger partial charge is 0.161 e. The SMILES string of the molecule is COc1ccc(CN(Cc2ccncc2)CC(C)O)cc1OC. The Labute approximate surface area is 137 Å². The van der Waals surface area contributed by atoms with E-state index in [1.54, 1.807) is 33.5 Å². The summed E-state index contributed by atoms with van der Waals surface area (Å²) in [6.07, 6.45) is 3.18. The minimum absolute atomic E-state index is 0.392. The van der Waals surface area contributed by atoms with E-state index in [-0.39, 0.29) is 0 Å². The summed E-state index contributed by atoms with van der Waals surface area (Å²) >= 11 is 0. The van der Waals surface area contributed by atoms with Gasteiger partial charge in [-0.25, -0.2) is 0 Å². The minimum atomic E-state index is -0.392. The van der Waals surface area contributed by atoms with Crippen molar-refractivity contribution in [1.29, 1.82) is 0 Å². The van der Waals surface area contributed by atoms with Crippen molar-refractivity contribution in [1.82, 2.24) is 9.88 Å². The monoisotopic (exact) mass is 316 g/mol. The molecule has 0 saturated carbocycles. The van der Waals surface area contributed by atoms with Crippen LogP contribution in [0.15, 0.2) is 42.7 Å². The van der Waals surface area contributed by atoms with Crippen molar-refractivity contribution in [3.8, 4) is 11.5 Å². The van der Waals surface area contributed by atoms with Crippen molar-refractivity contribution in [3.63, 3.8) is 0 Å². The molecule has 1 aromatic carbocycles. The third-order valence-corrected chi connectivity index (χ3v) is 3.53. The zero-order chi connectivity index (χ0) is 16.7. The molecule has 0 aliphatic rings. The van der Waals surface area contributed by atoms with Gasteiger partial charge in [0.2, 0.25) is 0 Å². The van der Waals surface area contributed by atoms with E-state index in [4.69, 9.17) is 9.47 Å². The molecular weight excluding hydrogens is 292 g/mol. The molecule has 0 spiro atoms. The van der Waals surface area contributed by atoms with Crippen molar-refractivity contribution in [2.24, 2.45) is 0 Å². The fourth-order valence-corrected chi connectivity index (χ4v) is 2.54. The highest BCUT2D eigenvalue weighted by Crippen LogP contribution is 2.28. The molecular formula is C18H24N2O3. The Morgan fingerprint density at radius 1 is 1.00 bits per heavy atom. The third kappa shape index (κ3) is 5.23. The molecule has 1 atom stereocenters. The zero-order valence-corrected chi connectivity index (χ0v) is 13.9. The van der Waals surface area contributed by atoms with Gasteiger partial charge in [0, 0.05) is 32.0 Å². The van der Waals surface area contributed by atoms with Gasteiger partial charge >= 0.3 is 0 Å². The van der Waals surface area contributed by atoms with E-state index in [1.165, 1.54) is 5.56 Å². The second-order valence-corrected chi connectivity index (χ2v) is 5.56. The lowest BCUT2D eigenvalue weighted by Gasteiger charge is -2.24. The van der Waals surface area contributed by atoms with Gasteiger partial charge in [0.1, 0.15) is 0 Å². The van der Waals surface area contributed by atoms with Crippen LogP contribution >= 0.6 is 0 Å². The van der Waals surface area contributed by atoms with E-state index in [2.05, 4.69) is 9.88 Å². The van der Waals surface area contributed by atoms with Gasteiger partial charge in [-0.15, -0.1) is 0 Å². The van der Waals surface area contributed by atoms with Crippen LogP contribution in [0.25, 0.3) is 0 Å². The second kappa shape index (κ2) is 8.50. The number of pyridine rings is 1. The average molecular weight is 316 g/mol. The van der Waals surface area contributed by atoms with Crippen molar-refractivity contribution >= 4 is 0 Å². The second-order valence-electron chi connectivity index (χ2n) is 5.56. The lowest BCUT2D eigenvalue weighted by molar-refractivity contribution is 0.118. The molecule has 1 N–H and O–H groups in total. The highest BCUT2D eigenvalue weighted by molar-refractivity contribution is 5.42. The van der Waals surface area contributed by atoms with Crippen LogP contribution in [0, 0.1) is 0 Å². The first-order valence-corrected chi connectivity index (χ1v) is 7.62. The molecule has 23 heavy (non-hydrogen) atoms. The average Bonchev–Trinajstić information content (AvgIpc) is 2.55. The van der Waals surface area contributed by atoms with Crippen LogP contribution in [0.4, 0.5) is 0 Å². The molecule has 124 valence electrons. The van der Waals surface area contributed by atoms with Crippen LogP contribution in [-0.2, 0) is 13.1 Å². The van der Waals surface area contributed by atoms with Gasteiger partial charge in [-0.05, 0) is 42.3 Å². The molecule has 1 aromatic heterocycles. The summed E-state index contributed by atoms with van der Waals surface area (Å²) in [6.45, 7) is 3.86. The van der Waals surface area contributed by atoms with Crippen molar-refractivity contribution in [2.45, 2.75) is 26.1 Å². The van der Waals surface area contributed by atoms with E-state index < -0.39 is 6.10 Å². The van der Waals surface area contributed by atoms with Gasteiger partial charge in [0.15, 0.2) is 11.5 Å². The van der Waals surface area contributed by atoms with E-state index in [9.17, 15) is 5.11 Å². The number of benzene rings is 1. The van der Waals surface area contributed by atoms with Crippen molar-refractivity contribution in [2.75, 3.05) is 20.8 Å². The highest BCUT2D eigenvalue weighted by Gasteiger charge is 2.12. The molecule has 0 bridgehead atoms. The summed E-state index contributed by atoms with van der Waals surface area (Å²) in [5, 5.41) is 9.76. The molecule has 5 nitrogen and oxygen atoms in total. The number of methoxy groups -OCH3 is 2. The maximum absolute atomic E-state index is 9.76. The molecule has 0 saturated heterocycles. The predicted octanol–water partition coefficient (Wildman–Crippen LogP) is 2.48. The first-order chi connectivity index (χ1) is 11.1. The summed E-state index contributed by atoms with van der Waals surface area (Å²) in [5.41, 5.74) is 2.28. The van der Waals surface area contributed by atoms with Crippen LogP contribution in [0.3, 0.4) is 0 Å². The first-order valence-electron chi connectivity index (χ1n) is 7.62. The summed E-state index contributed by atoms with van der Waals surface area (Å²) in [7, 11) is 3.26. The van der Waals surface area contributed by atoms with E-state index >= 15 is 0 Å². The standard InChI is InChI=1S/C18H24N2O3/c1-14(21)11-20(12-15-6-8-19-9-7-15)13-16-4-5-17(22-2)18(10-16)23-3/h4-10,14,21H,11-13H2,1-3H3. The summed E-state index contributed by atoms with van der Waals surface area (Å²) in [6, 6.07) is 9.87. The van der Waals surface area contributed by atoms with E-state index in [0.29, 0.717) is 24.6 Å². The number of ether oxygens (including phenoxy) is 2. The summed E-state index contributed by atoms with van der Waals surface area (Å²) in [4.78, 5) is 6.24. The van der Waals surface area contributed by atoms with Gasteiger partial charge < -0.3 is 14.6 Å². The van der Waals surface area contributed by atoms with Crippen molar-refractivity contribution in [3.05, 3.63) is 53.9 Å². The molecule has 0 radical (unpaired) electrons. The lowest BCUT2D eigenvalue weighted by Crippen LogP contribution is -2.30. The first kappa shape index (κ1) is 17.2. The molecule has 2 aromatic rings. The molecule has 0 aliphatic heterocycles. The van der Waals surface area contributed by atoms with E-state index in [0.717, 1.165) is 12.1 Å². The topological polar surface area (TPSA) is 54.8 Å². The molecule has 1 heterocycles. The molecule has 1 unspecified atom stereocenters. The fourth-order valence-electron chi connectivity index (χ4n) is 2.54. The predicted molar refractivity (Wildman–Crippen MR) is 89.6 cm³/mol. The Balaban J connectivity index is 2.13. The third-order valence-electron chi connectivity index (χ3n) is 3.53. The van der Waals surface area contributed by atoms with Crippen LogP contribution in [0.2, 0.25) is 0 Å². The fraction of sp³-hybridized carbons (Fsp3) is 0.389. The number of rotatable bonds is 8. The quantitative estimate of drug-likeness (QED) is 0.811. The van der Waals surface area contributed by atoms with Gasteiger partial charge in [-0.3, -0.25) is 9.88 Å². The molecule has 2 rings (SSSR count). The van der Waals surface area contributed by atoms with E-state index in [1.807, 2.05) is 30.3 Å². The maximum Gasteiger partial charge on any atom is 0.161 e.